The van der Waals surface area contributed by atoms with E-state index in [1.165, 1.54) is 0 Å². The molecule has 0 saturated carbocycles. The lowest BCUT2D eigenvalue weighted by Gasteiger charge is -2.37. The smallest absolute Gasteiger partial charge is 0.251 e. The number of fused-ring (bicyclic) bond motifs is 2. The number of carbonyl (C=O) groups excluding carboxylic acids is 3. The molecule has 8 heteroatoms. The van der Waals surface area contributed by atoms with Gasteiger partial charge < -0.3 is 16.4 Å². The summed E-state index contributed by atoms with van der Waals surface area (Å²) in [6, 6.07) is 19.4. The van der Waals surface area contributed by atoms with Crippen LogP contribution in [0.2, 0.25) is 0 Å². The van der Waals surface area contributed by atoms with Gasteiger partial charge in [-0.15, -0.1) is 11.8 Å². The zero-order valence-corrected chi connectivity index (χ0v) is 21.5. The van der Waals surface area contributed by atoms with Gasteiger partial charge in [-0.1, -0.05) is 42.5 Å². The zero-order chi connectivity index (χ0) is 25.7. The van der Waals surface area contributed by atoms with E-state index in [2.05, 4.69) is 10.6 Å². The molecule has 0 bridgehead atoms. The lowest BCUT2D eigenvalue weighted by Crippen LogP contribution is -2.57. The van der Waals surface area contributed by atoms with Crippen LogP contribution in [-0.4, -0.2) is 48.6 Å². The Kier molecular flexibility index (Phi) is 7.96. The van der Waals surface area contributed by atoms with E-state index in [4.69, 9.17) is 5.73 Å². The number of amides is 3. The maximum Gasteiger partial charge on any atom is 0.251 e. The number of hydrogen-bond donors (Lipinski definition) is 3. The molecule has 0 unspecified atom stereocenters. The van der Waals surface area contributed by atoms with Gasteiger partial charge >= 0.3 is 0 Å². The van der Waals surface area contributed by atoms with Crippen molar-refractivity contribution in [3.05, 3.63) is 71.8 Å². The summed E-state index contributed by atoms with van der Waals surface area (Å²) < 4.78 is 0. The minimum atomic E-state index is -1.08. The third kappa shape index (κ3) is 5.39. The quantitative estimate of drug-likeness (QED) is 0.436. The normalized spacial score (nSPS) is 13.8. The second-order valence-corrected chi connectivity index (χ2v) is 10.4. The average molecular weight is 505 g/mol. The predicted molar refractivity (Wildman–Crippen MR) is 145 cm³/mol. The Morgan fingerprint density at radius 1 is 1.00 bits per heavy atom. The first-order valence-electron chi connectivity index (χ1n) is 12.2. The number of anilines is 1. The number of nitrogens with zero attached hydrogens (tertiary/aromatic N) is 1. The summed E-state index contributed by atoms with van der Waals surface area (Å²) >= 11 is 1.63. The van der Waals surface area contributed by atoms with Gasteiger partial charge in [-0.3, -0.25) is 19.3 Å². The number of nitrogens with one attached hydrogen (secondary N) is 2. The van der Waals surface area contributed by atoms with Gasteiger partial charge in [0.15, 0.2) is 0 Å². The Bertz CT molecular complexity index is 1290. The van der Waals surface area contributed by atoms with Gasteiger partial charge in [0.25, 0.3) is 5.91 Å². The maximum atomic E-state index is 13.4. The molecule has 3 amide bonds. The molecule has 3 aromatic rings. The fourth-order valence-corrected chi connectivity index (χ4v) is 5.47. The Labute approximate surface area is 215 Å². The second kappa shape index (κ2) is 11.1. The van der Waals surface area contributed by atoms with Crippen molar-refractivity contribution in [1.82, 2.24) is 10.6 Å². The second-order valence-electron chi connectivity index (χ2n) is 9.26. The van der Waals surface area contributed by atoms with Crippen molar-refractivity contribution in [3.63, 3.8) is 0 Å². The van der Waals surface area contributed by atoms with Crippen molar-refractivity contribution in [3.8, 4) is 0 Å². The first-order valence-corrected chi connectivity index (χ1v) is 13.1. The van der Waals surface area contributed by atoms with E-state index < -0.39 is 5.54 Å². The van der Waals surface area contributed by atoms with Crippen molar-refractivity contribution in [2.45, 2.75) is 37.1 Å². The summed E-state index contributed by atoms with van der Waals surface area (Å²) in [5.74, 6) is 0.187. The largest absolute Gasteiger partial charge is 0.354 e. The van der Waals surface area contributed by atoms with Crippen LogP contribution in [0.3, 0.4) is 0 Å². The van der Waals surface area contributed by atoms with Crippen molar-refractivity contribution >= 4 is 45.9 Å². The summed E-state index contributed by atoms with van der Waals surface area (Å²) in [6.07, 6.45) is 0.840. The average Bonchev–Trinajstić information content (AvgIpc) is 3.05. The lowest BCUT2D eigenvalue weighted by atomic mass is 9.97. The number of rotatable bonds is 8. The third-order valence-corrected chi connectivity index (χ3v) is 7.43. The summed E-state index contributed by atoms with van der Waals surface area (Å²) in [4.78, 5) is 41.9. The summed E-state index contributed by atoms with van der Waals surface area (Å²) in [6.45, 7) is 4.62. The third-order valence-electron chi connectivity index (χ3n) is 6.37. The molecule has 188 valence electrons. The molecular formula is C28H32N4O3S. The molecule has 0 saturated heterocycles. The highest BCUT2D eigenvalue weighted by molar-refractivity contribution is 7.99. The minimum Gasteiger partial charge on any atom is -0.354 e. The monoisotopic (exact) mass is 504 g/mol. The highest BCUT2D eigenvalue weighted by Crippen LogP contribution is 2.37. The van der Waals surface area contributed by atoms with Crippen molar-refractivity contribution < 1.29 is 14.4 Å². The number of carbonyl (C=O) groups is 3. The SMILES string of the molecule is CC(C)(C(=O)NCCc1cc2ccccc2cc1C(=O)NCCN)N1C(=O)CCSc2ccccc21. The topological polar surface area (TPSA) is 105 Å². The van der Waals surface area contributed by atoms with Crippen molar-refractivity contribution in [2.75, 3.05) is 30.3 Å². The van der Waals surface area contributed by atoms with Gasteiger partial charge in [0.05, 0.1) is 5.69 Å². The zero-order valence-electron chi connectivity index (χ0n) is 20.7. The van der Waals surface area contributed by atoms with Crippen LogP contribution < -0.4 is 21.3 Å². The van der Waals surface area contributed by atoms with E-state index in [0.29, 0.717) is 43.8 Å². The summed E-state index contributed by atoms with van der Waals surface area (Å²) in [5, 5.41) is 7.85. The van der Waals surface area contributed by atoms with Gasteiger partial charge in [-0.05, 0) is 54.8 Å². The Hall–Kier alpha value is -3.36. The Balaban J connectivity index is 1.53. The summed E-state index contributed by atoms with van der Waals surface area (Å²) in [5.41, 5.74) is 6.65. The molecule has 0 atom stereocenters. The first kappa shape index (κ1) is 25.7. The fourth-order valence-electron chi connectivity index (χ4n) is 4.49. The molecule has 36 heavy (non-hydrogen) atoms. The molecule has 1 aliphatic heterocycles. The van der Waals surface area contributed by atoms with Crippen LogP contribution >= 0.6 is 11.8 Å². The van der Waals surface area contributed by atoms with Crippen molar-refractivity contribution in [1.29, 1.82) is 0 Å². The lowest BCUT2D eigenvalue weighted by molar-refractivity contribution is -0.129. The van der Waals surface area contributed by atoms with Crippen LogP contribution in [0.4, 0.5) is 5.69 Å². The van der Waals surface area contributed by atoms with Gasteiger partial charge in [-0.2, -0.15) is 0 Å². The highest BCUT2D eigenvalue weighted by Gasteiger charge is 2.40. The molecule has 0 spiro atoms. The van der Waals surface area contributed by atoms with Crippen LogP contribution in [0.25, 0.3) is 10.8 Å². The molecule has 1 heterocycles. The molecule has 4 rings (SSSR count). The van der Waals surface area contributed by atoms with Crippen LogP contribution in [0.15, 0.2) is 65.6 Å². The van der Waals surface area contributed by atoms with E-state index in [-0.39, 0.29) is 17.7 Å². The first-order chi connectivity index (χ1) is 17.3. The number of thioether (sulfide) groups is 1. The molecule has 0 fully saturated rings. The molecule has 0 aromatic heterocycles. The van der Waals surface area contributed by atoms with E-state index >= 15 is 0 Å². The maximum absolute atomic E-state index is 13.4. The van der Waals surface area contributed by atoms with Crippen molar-refractivity contribution in [2.24, 2.45) is 5.73 Å². The number of para-hydroxylation sites is 1. The number of hydrogen-bond acceptors (Lipinski definition) is 5. The van der Waals surface area contributed by atoms with E-state index in [1.54, 1.807) is 30.5 Å². The predicted octanol–water partition coefficient (Wildman–Crippen LogP) is 3.49. The molecule has 0 aliphatic carbocycles. The number of benzene rings is 3. The van der Waals surface area contributed by atoms with Gasteiger partial charge in [0.2, 0.25) is 11.8 Å². The van der Waals surface area contributed by atoms with E-state index in [9.17, 15) is 14.4 Å². The number of nitrogens with two attached hydrogens (primary N) is 1. The minimum absolute atomic E-state index is 0.0685. The van der Waals surface area contributed by atoms with Gasteiger partial charge in [-0.25, -0.2) is 0 Å². The molecule has 7 nitrogen and oxygen atoms in total. The van der Waals surface area contributed by atoms with Crippen LogP contribution in [-0.2, 0) is 16.0 Å². The molecular weight excluding hydrogens is 472 g/mol. The van der Waals surface area contributed by atoms with Crippen LogP contribution in [0.1, 0.15) is 36.2 Å². The molecule has 0 radical (unpaired) electrons. The highest BCUT2D eigenvalue weighted by atomic mass is 32.2. The molecule has 1 aliphatic rings. The van der Waals surface area contributed by atoms with E-state index in [1.807, 2.05) is 60.7 Å². The molecule has 4 N–H and O–H groups in total. The summed E-state index contributed by atoms with van der Waals surface area (Å²) in [7, 11) is 0. The fraction of sp³-hybridized carbons (Fsp3) is 0.321. The van der Waals surface area contributed by atoms with Crippen LogP contribution in [0, 0.1) is 0 Å². The standard InChI is InChI=1S/C28H32N4O3S/c1-28(2,32-23-9-5-6-10-24(23)36-16-12-25(32)33)27(35)31-14-11-21-17-19-7-3-4-8-20(19)18-22(21)26(34)30-15-13-29/h3-10,17-18H,11-16,29H2,1-2H3,(H,30,34)(H,31,35). The van der Waals surface area contributed by atoms with E-state index in [0.717, 1.165) is 26.9 Å². The Morgan fingerprint density at radius 2 is 1.69 bits per heavy atom. The Morgan fingerprint density at radius 3 is 2.44 bits per heavy atom. The molecule has 3 aromatic carbocycles. The van der Waals surface area contributed by atoms with Crippen LogP contribution in [0.5, 0.6) is 0 Å². The van der Waals surface area contributed by atoms with Gasteiger partial charge in [0.1, 0.15) is 5.54 Å². The van der Waals surface area contributed by atoms with Gasteiger partial charge in [0, 0.05) is 42.3 Å².